The molecule has 3 rings (SSSR count). The maximum atomic E-state index is 5.79. The Morgan fingerprint density at radius 3 is 2.83 bits per heavy atom. The molecule has 1 aliphatic rings. The van der Waals surface area contributed by atoms with Gasteiger partial charge in [-0.25, -0.2) is 4.98 Å². The van der Waals surface area contributed by atoms with Crippen LogP contribution in [0.1, 0.15) is 11.5 Å². The number of rotatable bonds is 2. The molecular weight excluding hydrogens is 228 g/mol. The number of hydrogen-bond acceptors (Lipinski definition) is 4. The highest BCUT2D eigenvalue weighted by Gasteiger charge is 2.17. The Morgan fingerprint density at radius 2 is 2.11 bits per heavy atom. The number of fused-ring (bicyclic) bond motifs is 1. The van der Waals surface area contributed by atoms with E-state index in [-0.39, 0.29) is 0 Å². The predicted octanol–water partition coefficient (Wildman–Crippen LogP) is 2.62. The van der Waals surface area contributed by atoms with Gasteiger partial charge in [-0.2, -0.15) is 0 Å². The van der Waals surface area contributed by atoms with Crippen molar-refractivity contribution in [3.63, 3.8) is 0 Å². The summed E-state index contributed by atoms with van der Waals surface area (Å²) in [7, 11) is 0. The molecule has 0 amide bonds. The van der Waals surface area contributed by atoms with Crippen molar-refractivity contribution in [2.75, 3.05) is 31.2 Å². The molecule has 18 heavy (non-hydrogen) atoms. The number of morpholine rings is 1. The first kappa shape index (κ1) is 11.3. The fraction of sp³-hybridized carbons (Fsp3) is 0.357. The highest BCUT2D eigenvalue weighted by atomic mass is 16.5. The van der Waals surface area contributed by atoms with Crippen LogP contribution in [0.15, 0.2) is 23.1 Å². The maximum Gasteiger partial charge on any atom is 0.176 e. The van der Waals surface area contributed by atoms with Gasteiger partial charge in [-0.15, -0.1) is 0 Å². The van der Waals surface area contributed by atoms with Crippen molar-refractivity contribution in [1.82, 2.24) is 4.98 Å². The number of aromatic nitrogens is 1. The van der Waals surface area contributed by atoms with Gasteiger partial charge in [0.2, 0.25) is 0 Å². The molecule has 0 bridgehead atoms. The average molecular weight is 244 g/mol. The molecule has 0 atom stereocenters. The molecule has 1 aliphatic heterocycles. The van der Waals surface area contributed by atoms with Crippen molar-refractivity contribution in [2.24, 2.45) is 0 Å². The second-order valence-electron chi connectivity index (χ2n) is 4.45. The Morgan fingerprint density at radius 1 is 1.33 bits per heavy atom. The van der Waals surface area contributed by atoms with Crippen LogP contribution < -0.4 is 4.90 Å². The van der Waals surface area contributed by atoms with E-state index in [0.29, 0.717) is 0 Å². The molecule has 2 aromatic rings. The summed E-state index contributed by atoms with van der Waals surface area (Å²) in [5.41, 5.74) is 3.85. The number of hydrogen-bond donors (Lipinski definition) is 0. The molecule has 0 saturated carbocycles. The topological polar surface area (TPSA) is 38.5 Å². The quantitative estimate of drug-likeness (QED) is 0.814. The first-order chi connectivity index (χ1) is 8.78. The lowest BCUT2D eigenvalue weighted by atomic mass is 10.2. The molecule has 1 saturated heterocycles. The standard InChI is InChI=1S/C14H16N2O2/c1-3-11-9-12-14(18-11)13(8-10(2)15-12)16-4-6-17-7-5-16/h3,8-9H,1,4-7H2,2H3. The number of pyridine rings is 1. The van der Waals surface area contributed by atoms with Crippen LogP contribution in [0.2, 0.25) is 0 Å². The number of anilines is 1. The average Bonchev–Trinajstić information content (AvgIpc) is 2.81. The Balaban J connectivity index is 2.13. The van der Waals surface area contributed by atoms with Crippen LogP contribution in [0.4, 0.5) is 5.69 Å². The summed E-state index contributed by atoms with van der Waals surface area (Å²) in [6.45, 7) is 9.05. The Kier molecular flexibility index (Phi) is 2.80. The van der Waals surface area contributed by atoms with Crippen LogP contribution in [0, 0.1) is 6.92 Å². The minimum Gasteiger partial charge on any atom is -0.453 e. The van der Waals surface area contributed by atoms with Gasteiger partial charge < -0.3 is 14.1 Å². The lowest BCUT2D eigenvalue weighted by molar-refractivity contribution is 0.122. The molecule has 4 heteroatoms. The van der Waals surface area contributed by atoms with Gasteiger partial charge in [-0.05, 0) is 19.1 Å². The lowest BCUT2D eigenvalue weighted by Gasteiger charge is -2.28. The van der Waals surface area contributed by atoms with Gasteiger partial charge in [-0.3, -0.25) is 0 Å². The minimum atomic E-state index is 0.762. The summed E-state index contributed by atoms with van der Waals surface area (Å²) < 4.78 is 11.2. The highest BCUT2D eigenvalue weighted by molar-refractivity contribution is 5.88. The molecular formula is C14H16N2O2. The van der Waals surface area contributed by atoms with Crippen LogP contribution in [0.25, 0.3) is 17.2 Å². The largest absolute Gasteiger partial charge is 0.453 e. The second kappa shape index (κ2) is 4.46. The van der Waals surface area contributed by atoms with Gasteiger partial charge in [0, 0.05) is 24.8 Å². The monoisotopic (exact) mass is 244 g/mol. The first-order valence-electron chi connectivity index (χ1n) is 6.14. The zero-order chi connectivity index (χ0) is 12.5. The molecule has 0 unspecified atom stereocenters. The number of furan rings is 1. The van der Waals surface area contributed by atoms with Crippen LogP contribution in [0.5, 0.6) is 0 Å². The van der Waals surface area contributed by atoms with Crippen molar-refractivity contribution in [2.45, 2.75) is 6.92 Å². The first-order valence-corrected chi connectivity index (χ1v) is 6.14. The molecule has 1 fully saturated rings. The van der Waals surface area contributed by atoms with Gasteiger partial charge in [0.25, 0.3) is 0 Å². The van der Waals surface area contributed by atoms with Crippen molar-refractivity contribution in [3.8, 4) is 0 Å². The van der Waals surface area contributed by atoms with Gasteiger partial charge in [0.05, 0.1) is 18.9 Å². The summed E-state index contributed by atoms with van der Waals surface area (Å²) in [6.07, 6.45) is 1.71. The molecule has 0 aliphatic carbocycles. The van der Waals surface area contributed by atoms with E-state index in [9.17, 15) is 0 Å². The summed E-state index contributed by atoms with van der Waals surface area (Å²) in [5, 5.41) is 0. The molecule has 4 nitrogen and oxygen atoms in total. The Hall–Kier alpha value is -1.81. The van der Waals surface area contributed by atoms with Crippen molar-refractivity contribution < 1.29 is 9.15 Å². The number of nitrogens with zero attached hydrogens (tertiary/aromatic N) is 2. The van der Waals surface area contributed by atoms with Crippen molar-refractivity contribution >= 4 is 22.9 Å². The van der Waals surface area contributed by atoms with Gasteiger partial charge >= 0.3 is 0 Å². The normalized spacial score (nSPS) is 16.2. The molecule has 2 aromatic heterocycles. The molecule has 3 heterocycles. The third kappa shape index (κ3) is 1.88. The smallest absolute Gasteiger partial charge is 0.176 e. The molecule has 0 aromatic carbocycles. The summed E-state index contributed by atoms with van der Waals surface area (Å²) in [5.74, 6) is 0.762. The minimum absolute atomic E-state index is 0.762. The van der Waals surface area contributed by atoms with E-state index < -0.39 is 0 Å². The van der Waals surface area contributed by atoms with Gasteiger partial charge in [0.15, 0.2) is 5.58 Å². The Bertz CT molecular complexity index is 583. The number of aryl methyl sites for hydroxylation is 1. The number of ether oxygens (including phenoxy) is 1. The Labute approximate surface area is 106 Å². The van der Waals surface area contributed by atoms with Crippen LogP contribution >= 0.6 is 0 Å². The van der Waals surface area contributed by atoms with Crippen LogP contribution in [-0.2, 0) is 4.74 Å². The maximum absolute atomic E-state index is 5.79. The summed E-state index contributed by atoms with van der Waals surface area (Å²) in [6, 6.07) is 4.00. The third-order valence-electron chi connectivity index (χ3n) is 3.16. The van der Waals surface area contributed by atoms with E-state index in [1.165, 1.54) is 0 Å². The third-order valence-corrected chi connectivity index (χ3v) is 3.16. The zero-order valence-electron chi connectivity index (χ0n) is 10.5. The molecule has 0 spiro atoms. The van der Waals surface area contributed by atoms with E-state index in [0.717, 1.165) is 54.5 Å². The molecule has 94 valence electrons. The van der Waals surface area contributed by atoms with Crippen LogP contribution in [-0.4, -0.2) is 31.3 Å². The second-order valence-corrected chi connectivity index (χ2v) is 4.45. The summed E-state index contributed by atoms with van der Waals surface area (Å²) >= 11 is 0. The zero-order valence-corrected chi connectivity index (χ0v) is 10.5. The van der Waals surface area contributed by atoms with E-state index in [1.807, 2.05) is 13.0 Å². The lowest BCUT2D eigenvalue weighted by Crippen LogP contribution is -2.36. The van der Waals surface area contributed by atoms with E-state index in [1.54, 1.807) is 6.08 Å². The van der Waals surface area contributed by atoms with Gasteiger partial charge in [-0.1, -0.05) is 6.58 Å². The van der Waals surface area contributed by atoms with Gasteiger partial charge in [0.1, 0.15) is 11.3 Å². The van der Waals surface area contributed by atoms with Crippen LogP contribution in [0.3, 0.4) is 0 Å². The SMILES string of the molecule is C=Cc1cc2nc(C)cc(N3CCOCC3)c2o1. The predicted molar refractivity (Wildman–Crippen MR) is 71.9 cm³/mol. The van der Waals surface area contributed by atoms with E-state index >= 15 is 0 Å². The molecule has 0 N–H and O–H groups in total. The van der Waals surface area contributed by atoms with E-state index in [2.05, 4.69) is 22.5 Å². The summed E-state index contributed by atoms with van der Waals surface area (Å²) in [4.78, 5) is 6.79. The van der Waals surface area contributed by atoms with E-state index in [4.69, 9.17) is 9.15 Å². The fourth-order valence-electron chi connectivity index (χ4n) is 2.29. The molecule has 0 radical (unpaired) electrons. The highest BCUT2D eigenvalue weighted by Crippen LogP contribution is 2.30. The van der Waals surface area contributed by atoms with Crippen molar-refractivity contribution in [3.05, 3.63) is 30.2 Å². The fourth-order valence-corrected chi connectivity index (χ4v) is 2.29. The van der Waals surface area contributed by atoms with Crippen molar-refractivity contribution in [1.29, 1.82) is 0 Å².